The predicted octanol–water partition coefficient (Wildman–Crippen LogP) is 4.11. The summed E-state index contributed by atoms with van der Waals surface area (Å²) in [6.45, 7) is 3.75. The number of fused-ring (bicyclic) bond motifs is 1. The summed E-state index contributed by atoms with van der Waals surface area (Å²) < 4.78 is 43.2. The molecule has 1 aliphatic heterocycles. The first-order valence-corrected chi connectivity index (χ1v) is 9.65. The van der Waals surface area contributed by atoms with E-state index >= 15 is 0 Å². The van der Waals surface area contributed by atoms with Gasteiger partial charge in [-0.15, -0.1) is 6.58 Å². The largest absolute Gasteiger partial charge is 0.495 e. The monoisotopic (exact) mass is 415 g/mol. The van der Waals surface area contributed by atoms with Gasteiger partial charge in [0.15, 0.2) is 11.5 Å². The number of hydrogen-bond acceptors (Lipinski definition) is 5. The van der Waals surface area contributed by atoms with Gasteiger partial charge in [0.25, 0.3) is 10.0 Å². The molecule has 3 rings (SSSR count). The number of benzene rings is 2. The first-order valence-electron chi connectivity index (χ1n) is 7.45. The Labute approximate surface area is 161 Å². The van der Waals surface area contributed by atoms with Crippen molar-refractivity contribution in [2.24, 2.45) is 0 Å². The van der Waals surface area contributed by atoms with E-state index in [9.17, 15) is 8.42 Å². The third kappa shape index (κ3) is 3.18. The smallest absolute Gasteiger partial charge is 0.266 e. The van der Waals surface area contributed by atoms with E-state index in [0.717, 1.165) is 4.31 Å². The highest BCUT2D eigenvalue weighted by atomic mass is 35.5. The van der Waals surface area contributed by atoms with Gasteiger partial charge in [0, 0.05) is 6.07 Å². The van der Waals surface area contributed by atoms with Crippen molar-refractivity contribution in [1.82, 2.24) is 0 Å². The molecule has 138 valence electrons. The predicted molar refractivity (Wildman–Crippen MR) is 100 cm³/mol. The fourth-order valence-electron chi connectivity index (χ4n) is 2.49. The van der Waals surface area contributed by atoms with Gasteiger partial charge in [0.05, 0.1) is 24.4 Å². The van der Waals surface area contributed by atoms with Gasteiger partial charge in [0.1, 0.15) is 15.7 Å². The van der Waals surface area contributed by atoms with Crippen LogP contribution in [-0.4, -0.2) is 28.9 Å². The summed E-state index contributed by atoms with van der Waals surface area (Å²) in [7, 11) is -2.60. The third-order valence-electron chi connectivity index (χ3n) is 3.74. The number of hydrogen-bond donors (Lipinski definition) is 0. The normalized spacial score (nSPS) is 12.7. The van der Waals surface area contributed by atoms with Crippen LogP contribution in [-0.2, 0) is 10.0 Å². The highest BCUT2D eigenvalue weighted by molar-refractivity contribution is 7.93. The molecule has 0 aliphatic carbocycles. The van der Waals surface area contributed by atoms with Gasteiger partial charge < -0.3 is 14.2 Å². The average molecular weight is 416 g/mol. The number of methoxy groups -OCH3 is 1. The first-order chi connectivity index (χ1) is 12.4. The van der Waals surface area contributed by atoms with Crippen molar-refractivity contribution < 1.29 is 22.6 Å². The van der Waals surface area contributed by atoms with E-state index in [0.29, 0.717) is 17.2 Å². The maximum atomic E-state index is 13.2. The van der Waals surface area contributed by atoms with Crippen molar-refractivity contribution in [2.75, 3.05) is 24.8 Å². The van der Waals surface area contributed by atoms with E-state index in [1.165, 1.54) is 25.3 Å². The number of rotatable bonds is 6. The number of halogens is 2. The second-order valence-corrected chi connectivity index (χ2v) is 7.84. The zero-order valence-electron chi connectivity index (χ0n) is 13.7. The van der Waals surface area contributed by atoms with Gasteiger partial charge >= 0.3 is 0 Å². The Hall–Kier alpha value is -2.09. The second-order valence-electron chi connectivity index (χ2n) is 5.26. The van der Waals surface area contributed by atoms with E-state index in [2.05, 4.69) is 6.58 Å². The maximum Gasteiger partial charge on any atom is 0.266 e. The second kappa shape index (κ2) is 7.26. The van der Waals surface area contributed by atoms with Gasteiger partial charge in [0.2, 0.25) is 6.79 Å². The third-order valence-corrected chi connectivity index (χ3v) is 6.55. The summed E-state index contributed by atoms with van der Waals surface area (Å²) in [5.41, 5.74) is 0.386. The molecule has 0 saturated heterocycles. The molecule has 0 N–H and O–H groups in total. The average Bonchev–Trinajstić information content (AvgIpc) is 3.09. The highest BCUT2D eigenvalue weighted by Gasteiger charge is 2.29. The molecule has 0 radical (unpaired) electrons. The molecule has 0 atom stereocenters. The molecule has 0 amide bonds. The van der Waals surface area contributed by atoms with Crippen LogP contribution in [0.1, 0.15) is 0 Å². The Balaban J connectivity index is 2.10. The fourth-order valence-corrected chi connectivity index (χ4v) is 4.73. The molecule has 0 bridgehead atoms. The number of sulfonamides is 1. The lowest BCUT2D eigenvalue weighted by Gasteiger charge is -2.24. The van der Waals surface area contributed by atoms with Crippen LogP contribution in [0.4, 0.5) is 5.69 Å². The first kappa shape index (κ1) is 18.7. The highest BCUT2D eigenvalue weighted by Crippen LogP contribution is 2.40. The van der Waals surface area contributed by atoms with Crippen molar-refractivity contribution in [3.63, 3.8) is 0 Å². The van der Waals surface area contributed by atoms with Crippen molar-refractivity contribution in [1.29, 1.82) is 0 Å². The molecule has 0 unspecified atom stereocenters. The minimum atomic E-state index is -4.02. The molecule has 6 nitrogen and oxygen atoms in total. The minimum Gasteiger partial charge on any atom is -0.495 e. The Morgan fingerprint density at radius 3 is 2.62 bits per heavy atom. The van der Waals surface area contributed by atoms with Crippen molar-refractivity contribution in [3.8, 4) is 17.2 Å². The maximum absolute atomic E-state index is 13.2. The van der Waals surface area contributed by atoms with Crippen molar-refractivity contribution >= 4 is 38.9 Å². The van der Waals surface area contributed by atoms with Crippen LogP contribution in [0.5, 0.6) is 17.2 Å². The van der Waals surface area contributed by atoms with Crippen LogP contribution in [0.2, 0.25) is 10.0 Å². The number of nitrogens with zero attached hydrogens (tertiary/aromatic N) is 1. The van der Waals surface area contributed by atoms with Crippen LogP contribution in [0, 0.1) is 0 Å². The number of anilines is 1. The lowest BCUT2D eigenvalue weighted by molar-refractivity contribution is 0.174. The van der Waals surface area contributed by atoms with Crippen LogP contribution >= 0.6 is 23.2 Å². The quantitative estimate of drug-likeness (QED) is 0.664. The van der Waals surface area contributed by atoms with Gasteiger partial charge in [-0.25, -0.2) is 8.42 Å². The van der Waals surface area contributed by atoms with E-state index in [1.54, 1.807) is 18.2 Å². The molecule has 0 aromatic heterocycles. The summed E-state index contributed by atoms with van der Waals surface area (Å²) in [6, 6.07) is 7.65. The Bertz CT molecular complexity index is 962. The topological polar surface area (TPSA) is 65.1 Å². The molecule has 9 heteroatoms. The summed E-state index contributed by atoms with van der Waals surface area (Å²) in [4.78, 5) is -0.135. The van der Waals surface area contributed by atoms with Gasteiger partial charge in [-0.05, 0) is 24.3 Å². The summed E-state index contributed by atoms with van der Waals surface area (Å²) in [5, 5.41) is -0.0831. The molecule has 0 saturated carbocycles. The molecule has 0 fully saturated rings. The van der Waals surface area contributed by atoms with E-state index < -0.39 is 10.0 Å². The van der Waals surface area contributed by atoms with Crippen molar-refractivity contribution in [3.05, 3.63) is 53.0 Å². The number of ether oxygens (including phenoxy) is 3. The molecule has 2 aromatic rings. The molecule has 26 heavy (non-hydrogen) atoms. The van der Waals surface area contributed by atoms with E-state index in [-0.39, 0.29) is 34.0 Å². The van der Waals surface area contributed by atoms with E-state index in [4.69, 9.17) is 37.4 Å². The summed E-state index contributed by atoms with van der Waals surface area (Å²) >= 11 is 12.3. The van der Waals surface area contributed by atoms with E-state index in [1.807, 2.05) is 0 Å². The van der Waals surface area contributed by atoms with Gasteiger partial charge in [-0.2, -0.15) is 0 Å². The Morgan fingerprint density at radius 2 is 1.92 bits per heavy atom. The van der Waals surface area contributed by atoms with Crippen molar-refractivity contribution in [2.45, 2.75) is 4.90 Å². The minimum absolute atomic E-state index is 0.0273. The van der Waals surface area contributed by atoms with Gasteiger partial charge in [-0.3, -0.25) is 4.31 Å². The molecular formula is C17H15Cl2NO5S. The van der Waals surface area contributed by atoms with Crippen LogP contribution in [0.25, 0.3) is 0 Å². The van der Waals surface area contributed by atoms with Gasteiger partial charge in [-0.1, -0.05) is 29.3 Å². The molecule has 0 spiro atoms. The Kier molecular flexibility index (Phi) is 5.22. The SMILES string of the molecule is C=CCN(c1ccc2c(c1)OCO2)S(=O)(=O)c1ccc(OC)c(Cl)c1Cl. The summed E-state index contributed by atoms with van der Waals surface area (Å²) in [5.74, 6) is 1.30. The molecule has 2 aromatic carbocycles. The molecular weight excluding hydrogens is 401 g/mol. The molecule has 1 aliphatic rings. The summed E-state index contributed by atoms with van der Waals surface area (Å²) in [6.07, 6.45) is 1.47. The lowest BCUT2D eigenvalue weighted by atomic mass is 10.3. The zero-order chi connectivity index (χ0) is 18.9. The molecule has 1 heterocycles. The fraction of sp³-hybridized carbons (Fsp3) is 0.176. The van der Waals surface area contributed by atoms with Crippen LogP contribution < -0.4 is 18.5 Å². The zero-order valence-corrected chi connectivity index (χ0v) is 16.1. The van der Waals surface area contributed by atoms with Crippen LogP contribution in [0.3, 0.4) is 0 Å². The standard InChI is InChI=1S/C17H15Cl2NO5S/c1-3-8-20(11-4-5-12-14(9-11)25-10-24-12)26(21,22)15-7-6-13(23-2)16(18)17(15)19/h3-7,9H,1,8,10H2,2H3. The lowest BCUT2D eigenvalue weighted by Crippen LogP contribution is -2.31. The van der Waals surface area contributed by atoms with Crippen LogP contribution in [0.15, 0.2) is 47.9 Å². The Morgan fingerprint density at radius 1 is 1.19 bits per heavy atom.